The number of benzene rings is 2. The maximum Gasteiger partial charge on any atom is 0.170 e. The summed E-state index contributed by atoms with van der Waals surface area (Å²) < 4.78 is 20.4. The molecule has 0 atom stereocenters. The normalized spacial score (nSPS) is 10.7. The Labute approximate surface area is 153 Å². The molecule has 0 fully saturated rings. The quantitative estimate of drug-likeness (QED) is 0.602. The van der Waals surface area contributed by atoms with Gasteiger partial charge in [0.1, 0.15) is 5.69 Å². The Morgan fingerprint density at radius 2 is 2.00 bits per heavy atom. The Balaban J connectivity index is 2.03. The summed E-state index contributed by atoms with van der Waals surface area (Å²) in [6.07, 6.45) is 1.01. The molecule has 0 spiro atoms. The molecule has 0 aliphatic heterocycles. The molecule has 25 heavy (non-hydrogen) atoms. The van der Waals surface area contributed by atoms with Crippen molar-refractivity contribution in [1.29, 1.82) is 0 Å². The predicted octanol–water partition coefficient (Wildman–Crippen LogP) is 4.73. The Kier molecular flexibility index (Phi) is 5.06. The smallest absolute Gasteiger partial charge is 0.170 e. The van der Waals surface area contributed by atoms with Gasteiger partial charge in [-0.3, -0.25) is 4.79 Å². The summed E-state index contributed by atoms with van der Waals surface area (Å²) in [7, 11) is 1.41. The fourth-order valence-electron chi connectivity index (χ4n) is 2.51. The lowest BCUT2D eigenvalue weighted by Gasteiger charge is -2.10. The molecule has 0 N–H and O–H groups in total. The standard InChI is InChI=1S/C18H13Cl2FN2O2/c1-25-18-5-2-11(7-16(18)21)6-14-9-13(10-24)22-23(14)17-4-3-12(19)8-15(17)20/h2-5,7-10H,6H2,1H3. The van der Waals surface area contributed by atoms with Crippen LogP contribution in [0.3, 0.4) is 0 Å². The van der Waals surface area contributed by atoms with E-state index in [0.29, 0.717) is 39.7 Å². The Morgan fingerprint density at radius 1 is 1.20 bits per heavy atom. The van der Waals surface area contributed by atoms with Crippen molar-refractivity contribution in [1.82, 2.24) is 9.78 Å². The van der Waals surface area contributed by atoms with E-state index in [-0.39, 0.29) is 11.4 Å². The van der Waals surface area contributed by atoms with E-state index in [0.717, 1.165) is 0 Å². The molecule has 0 radical (unpaired) electrons. The van der Waals surface area contributed by atoms with Crippen LogP contribution in [0.1, 0.15) is 21.7 Å². The molecule has 0 aliphatic carbocycles. The van der Waals surface area contributed by atoms with Crippen molar-refractivity contribution in [2.24, 2.45) is 0 Å². The fourth-order valence-corrected chi connectivity index (χ4v) is 3.00. The molecule has 0 saturated heterocycles. The van der Waals surface area contributed by atoms with Gasteiger partial charge in [0.25, 0.3) is 0 Å². The van der Waals surface area contributed by atoms with Crippen molar-refractivity contribution in [2.45, 2.75) is 6.42 Å². The Morgan fingerprint density at radius 3 is 2.64 bits per heavy atom. The van der Waals surface area contributed by atoms with Gasteiger partial charge in [0.05, 0.1) is 17.8 Å². The first-order chi connectivity index (χ1) is 12.0. The van der Waals surface area contributed by atoms with E-state index < -0.39 is 5.82 Å². The van der Waals surface area contributed by atoms with Crippen molar-refractivity contribution in [3.8, 4) is 11.4 Å². The molecule has 4 nitrogen and oxygen atoms in total. The van der Waals surface area contributed by atoms with Gasteiger partial charge >= 0.3 is 0 Å². The third kappa shape index (κ3) is 3.67. The van der Waals surface area contributed by atoms with Crippen LogP contribution in [-0.2, 0) is 6.42 Å². The number of ether oxygens (including phenoxy) is 1. The van der Waals surface area contributed by atoms with Gasteiger partial charge < -0.3 is 4.74 Å². The summed E-state index contributed by atoms with van der Waals surface area (Å²) in [5, 5.41) is 5.14. The highest BCUT2D eigenvalue weighted by Gasteiger charge is 2.14. The van der Waals surface area contributed by atoms with Crippen molar-refractivity contribution in [3.63, 3.8) is 0 Å². The molecule has 1 heterocycles. The van der Waals surface area contributed by atoms with Crippen LogP contribution in [-0.4, -0.2) is 23.2 Å². The molecule has 0 unspecified atom stereocenters. The summed E-state index contributed by atoms with van der Waals surface area (Å²) in [5.74, 6) is -0.280. The van der Waals surface area contributed by atoms with E-state index in [1.807, 2.05) is 0 Å². The summed E-state index contributed by atoms with van der Waals surface area (Å²) in [4.78, 5) is 11.1. The molecule has 0 aliphatic rings. The number of methoxy groups -OCH3 is 1. The first kappa shape index (κ1) is 17.5. The van der Waals surface area contributed by atoms with Crippen LogP contribution in [0.25, 0.3) is 5.69 Å². The fraction of sp³-hybridized carbons (Fsp3) is 0.111. The van der Waals surface area contributed by atoms with E-state index in [4.69, 9.17) is 27.9 Å². The lowest BCUT2D eigenvalue weighted by Crippen LogP contribution is -2.04. The van der Waals surface area contributed by atoms with Gasteiger partial charge in [-0.1, -0.05) is 29.3 Å². The number of aldehydes is 1. The monoisotopic (exact) mass is 378 g/mol. The van der Waals surface area contributed by atoms with Crippen LogP contribution in [0.5, 0.6) is 5.75 Å². The molecule has 3 aromatic rings. The number of hydrogen-bond donors (Lipinski definition) is 0. The van der Waals surface area contributed by atoms with Crippen molar-refractivity contribution in [3.05, 3.63) is 75.3 Å². The molecule has 0 bridgehead atoms. The zero-order chi connectivity index (χ0) is 18.0. The number of carbonyl (C=O) groups excluding carboxylic acids is 1. The summed E-state index contributed by atoms with van der Waals surface area (Å²) in [6.45, 7) is 0. The summed E-state index contributed by atoms with van der Waals surface area (Å²) in [6, 6.07) is 11.3. The van der Waals surface area contributed by atoms with E-state index in [9.17, 15) is 9.18 Å². The van der Waals surface area contributed by atoms with Crippen LogP contribution >= 0.6 is 23.2 Å². The lowest BCUT2D eigenvalue weighted by molar-refractivity contribution is 0.111. The summed E-state index contributed by atoms with van der Waals surface area (Å²) in [5.41, 5.74) is 2.25. The molecule has 7 heteroatoms. The van der Waals surface area contributed by atoms with Gasteiger partial charge in [0, 0.05) is 17.1 Å². The number of rotatable bonds is 5. The maximum atomic E-state index is 13.9. The van der Waals surface area contributed by atoms with E-state index in [2.05, 4.69) is 5.10 Å². The second kappa shape index (κ2) is 7.25. The largest absolute Gasteiger partial charge is 0.494 e. The minimum absolute atomic E-state index is 0.173. The molecule has 128 valence electrons. The predicted molar refractivity (Wildman–Crippen MR) is 94.7 cm³/mol. The van der Waals surface area contributed by atoms with E-state index in [1.54, 1.807) is 41.1 Å². The Hall–Kier alpha value is -2.37. The number of hydrogen-bond acceptors (Lipinski definition) is 3. The van der Waals surface area contributed by atoms with Crippen molar-refractivity contribution in [2.75, 3.05) is 7.11 Å². The molecular weight excluding hydrogens is 366 g/mol. The zero-order valence-corrected chi connectivity index (χ0v) is 14.7. The third-order valence-corrected chi connectivity index (χ3v) is 4.20. The second-order valence-corrected chi connectivity index (χ2v) is 6.18. The average molecular weight is 379 g/mol. The second-order valence-electron chi connectivity index (χ2n) is 5.33. The van der Waals surface area contributed by atoms with Crippen LogP contribution in [0, 0.1) is 5.82 Å². The molecule has 0 saturated carbocycles. The van der Waals surface area contributed by atoms with Crippen LogP contribution in [0.4, 0.5) is 4.39 Å². The van der Waals surface area contributed by atoms with E-state index in [1.165, 1.54) is 13.2 Å². The van der Waals surface area contributed by atoms with Gasteiger partial charge in [-0.05, 0) is 42.0 Å². The SMILES string of the molecule is COc1ccc(Cc2cc(C=O)nn2-c2ccc(Cl)cc2Cl)cc1F. The highest BCUT2D eigenvalue weighted by molar-refractivity contribution is 6.35. The Bertz CT molecular complexity index is 941. The molecule has 1 aromatic heterocycles. The topological polar surface area (TPSA) is 44.1 Å². The number of nitrogens with zero attached hydrogens (tertiary/aromatic N) is 2. The molecule has 0 amide bonds. The third-order valence-electron chi connectivity index (χ3n) is 3.66. The number of aromatic nitrogens is 2. The van der Waals surface area contributed by atoms with Crippen molar-refractivity contribution < 1.29 is 13.9 Å². The number of carbonyl (C=O) groups is 1. The summed E-state index contributed by atoms with van der Waals surface area (Å²) >= 11 is 12.2. The van der Waals surface area contributed by atoms with Gasteiger partial charge in [-0.25, -0.2) is 9.07 Å². The zero-order valence-electron chi connectivity index (χ0n) is 13.2. The minimum Gasteiger partial charge on any atom is -0.494 e. The molecule has 2 aromatic carbocycles. The van der Waals surface area contributed by atoms with Crippen molar-refractivity contribution >= 4 is 29.5 Å². The van der Waals surface area contributed by atoms with Gasteiger partial charge in [-0.2, -0.15) is 5.10 Å². The van der Waals surface area contributed by atoms with Gasteiger partial charge in [0.2, 0.25) is 0 Å². The maximum absolute atomic E-state index is 13.9. The molecular formula is C18H13Cl2FN2O2. The average Bonchev–Trinajstić information content (AvgIpc) is 2.98. The first-order valence-corrected chi connectivity index (χ1v) is 8.09. The van der Waals surface area contributed by atoms with Crippen LogP contribution < -0.4 is 4.74 Å². The van der Waals surface area contributed by atoms with E-state index >= 15 is 0 Å². The van der Waals surface area contributed by atoms with Gasteiger partial charge in [0.15, 0.2) is 17.9 Å². The van der Waals surface area contributed by atoms with Crippen LogP contribution in [0.15, 0.2) is 42.5 Å². The highest BCUT2D eigenvalue weighted by Crippen LogP contribution is 2.27. The van der Waals surface area contributed by atoms with Crippen LogP contribution in [0.2, 0.25) is 10.0 Å². The highest BCUT2D eigenvalue weighted by atomic mass is 35.5. The molecule has 3 rings (SSSR count). The minimum atomic E-state index is -0.453. The number of halogens is 3. The first-order valence-electron chi connectivity index (χ1n) is 7.34. The van der Waals surface area contributed by atoms with Gasteiger partial charge in [-0.15, -0.1) is 0 Å². The lowest BCUT2D eigenvalue weighted by atomic mass is 10.1.